The first kappa shape index (κ1) is 28.6. The van der Waals surface area contributed by atoms with E-state index in [4.69, 9.17) is 14.9 Å². The van der Waals surface area contributed by atoms with Crippen LogP contribution < -0.4 is 10.5 Å². The lowest BCUT2D eigenvalue weighted by Gasteiger charge is -2.09. The third-order valence-electron chi connectivity index (χ3n) is 4.48. The van der Waals surface area contributed by atoms with Crippen LogP contribution in [0.2, 0.25) is 0 Å². The highest BCUT2D eigenvalue weighted by atomic mass is 16.5. The molecule has 5 heteroatoms. The number of benzene rings is 2. The van der Waals surface area contributed by atoms with Gasteiger partial charge in [-0.05, 0) is 52.3 Å². The van der Waals surface area contributed by atoms with E-state index in [9.17, 15) is 0 Å². The molecule has 182 valence electrons. The number of rotatable bonds is 3. The van der Waals surface area contributed by atoms with E-state index >= 15 is 0 Å². The number of hydrogen-bond acceptors (Lipinski definition) is 5. The van der Waals surface area contributed by atoms with Crippen molar-refractivity contribution in [2.45, 2.75) is 60.9 Å². The van der Waals surface area contributed by atoms with Gasteiger partial charge in [0.1, 0.15) is 11.5 Å². The van der Waals surface area contributed by atoms with Crippen molar-refractivity contribution < 1.29 is 9.15 Å². The van der Waals surface area contributed by atoms with Gasteiger partial charge in [0.15, 0.2) is 0 Å². The Morgan fingerprint density at radius 1 is 0.882 bits per heavy atom. The lowest BCUT2D eigenvalue weighted by atomic mass is 10.0. The van der Waals surface area contributed by atoms with Crippen LogP contribution in [0.5, 0.6) is 11.5 Å². The Hall–Kier alpha value is -3.44. The van der Waals surface area contributed by atoms with Crippen molar-refractivity contribution in [2.24, 2.45) is 5.73 Å². The predicted molar refractivity (Wildman–Crippen MR) is 144 cm³/mol. The molecule has 2 aromatic carbocycles. The SMILES string of the molecule is C/C=C/CC.C/C=C\C.CC.CC(N)c1nnc(C2=Cc3ccccc3Oc3ccccc32)o1. The van der Waals surface area contributed by atoms with E-state index in [1.54, 1.807) is 0 Å². The molecule has 1 aliphatic heterocycles. The number of para-hydroxylation sites is 2. The topological polar surface area (TPSA) is 74.2 Å². The van der Waals surface area contributed by atoms with E-state index in [2.05, 4.69) is 29.3 Å². The predicted octanol–water partition coefficient (Wildman–Crippen LogP) is 8.37. The fraction of sp³-hybridized carbons (Fsp3) is 0.310. The molecule has 0 spiro atoms. The van der Waals surface area contributed by atoms with Crippen LogP contribution in [0.4, 0.5) is 0 Å². The van der Waals surface area contributed by atoms with E-state index in [1.165, 1.54) is 0 Å². The molecule has 1 aromatic heterocycles. The molecule has 1 aliphatic rings. The average Bonchev–Trinajstić information content (AvgIpc) is 3.30. The maximum absolute atomic E-state index is 6.04. The van der Waals surface area contributed by atoms with Gasteiger partial charge in [0, 0.05) is 11.1 Å². The molecular formula is C29H39N3O2. The van der Waals surface area contributed by atoms with E-state index in [0.717, 1.165) is 34.6 Å². The molecule has 2 N–H and O–H groups in total. The van der Waals surface area contributed by atoms with Crippen molar-refractivity contribution >= 4 is 11.6 Å². The highest BCUT2D eigenvalue weighted by Gasteiger charge is 2.22. The summed E-state index contributed by atoms with van der Waals surface area (Å²) in [7, 11) is 0. The van der Waals surface area contributed by atoms with Gasteiger partial charge in [0.05, 0.1) is 11.6 Å². The first-order valence-electron chi connectivity index (χ1n) is 11.9. The Bertz CT molecular complexity index is 1060. The van der Waals surface area contributed by atoms with Crippen LogP contribution in [0.25, 0.3) is 11.6 Å². The fourth-order valence-corrected chi connectivity index (χ4v) is 2.76. The van der Waals surface area contributed by atoms with Gasteiger partial charge in [-0.2, -0.15) is 0 Å². The number of ether oxygens (including phenoxy) is 1. The Morgan fingerprint density at radius 2 is 1.50 bits per heavy atom. The minimum Gasteiger partial charge on any atom is -0.456 e. The number of fused-ring (bicyclic) bond motifs is 2. The summed E-state index contributed by atoms with van der Waals surface area (Å²) in [6.45, 7) is 14.0. The van der Waals surface area contributed by atoms with Crippen LogP contribution in [0.15, 0.2) is 77.3 Å². The molecule has 1 unspecified atom stereocenters. The van der Waals surface area contributed by atoms with Crippen LogP contribution in [-0.2, 0) is 0 Å². The van der Waals surface area contributed by atoms with Gasteiger partial charge in [-0.25, -0.2) is 0 Å². The van der Waals surface area contributed by atoms with Crippen LogP contribution >= 0.6 is 0 Å². The second-order valence-corrected chi connectivity index (χ2v) is 7.07. The fourth-order valence-electron chi connectivity index (χ4n) is 2.76. The molecule has 3 aromatic rings. The van der Waals surface area contributed by atoms with Crippen LogP contribution in [0, 0.1) is 0 Å². The van der Waals surface area contributed by atoms with Gasteiger partial charge < -0.3 is 14.9 Å². The number of nitrogens with zero attached hydrogens (tertiary/aromatic N) is 2. The molecule has 0 saturated carbocycles. The van der Waals surface area contributed by atoms with Gasteiger partial charge in [-0.1, -0.05) is 81.5 Å². The quantitative estimate of drug-likeness (QED) is 0.310. The summed E-state index contributed by atoms with van der Waals surface area (Å²) in [5, 5.41) is 8.18. The first-order chi connectivity index (χ1) is 16.5. The lowest BCUT2D eigenvalue weighted by molar-refractivity contribution is 0.453. The Morgan fingerprint density at radius 3 is 2.03 bits per heavy atom. The van der Waals surface area contributed by atoms with Crippen LogP contribution in [-0.4, -0.2) is 10.2 Å². The normalized spacial score (nSPS) is 12.3. The zero-order chi connectivity index (χ0) is 25.3. The molecule has 0 fully saturated rings. The summed E-state index contributed by atoms with van der Waals surface area (Å²) in [5.74, 6) is 2.40. The van der Waals surface area contributed by atoms with Crippen molar-refractivity contribution in [2.75, 3.05) is 0 Å². The second kappa shape index (κ2) is 16.2. The summed E-state index contributed by atoms with van der Waals surface area (Å²) in [6.07, 6.45) is 11.3. The second-order valence-electron chi connectivity index (χ2n) is 7.07. The number of allylic oxidation sites excluding steroid dienone is 4. The van der Waals surface area contributed by atoms with E-state index in [1.807, 2.05) is 108 Å². The van der Waals surface area contributed by atoms with Crippen molar-refractivity contribution in [3.8, 4) is 11.5 Å². The maximum atomic E-state index is 6.04. The molecule has 1 atom stereocenters. The Kier molecular flexibility index (Phi) is 13.6. The third kappa shape index (κ3) is 8.49. The minimum atomic E-state index is -0.304. The Labute approximate surface area is 205 Å². The Balaban J connectivity index is 0.000000448. The standard InChI is InChI=1S/C18H15N3O2.C5H10.C4H8.C2H6/c1-11(19)17-20-21-18(23-17)14-10-12-6-2-4-8-15(12)22-16-9-5-3-7-13(14)16;1-3-5-4-2;1-3-4-2;1-2/h2-11H,19H2,1H3;3,5H,4H2,1-2H3;3-4H,1-2H3;1-2H3/b;5-3+;4-3-;. The van der Waals surface area contributed by atoms with Gasteiger partial charge >= 0.3 is 0 Å². The van der Waals surface area contributed by atoms with E-state index < -0.39 is 0 Å². The maximum Gasteiger partial charge on any atom is 0.248 e. The molecule has 5 nitrogen and oxygen atoms in total. The zero-order valence-electron chi connectivity index (χ0n) is 21.6. The molecule has 4 rings (SSSR count). The monoisotopic (exact) mass is 461 g/mol. The summed E-state index contributed by atoms with van der Waals surface area (Å²) in [5.41, 5.74) is 8.51. The van der Waals surface area contributed by atoms with E-state index in [0.29, 0.717) is 11.8 Å². The van der Waals surface area contributed by atoms with Gasteiger partial charge in [-0.15, -0.1) is 10.2 Å². The lowest BCUT2D eigenvalue weighted by Crippen LogP contribution is -2.04. The zero-order valence-corrected chi connectivity index (χ0v) is 21.6. The third-order valence-corrected chi connectivity index (χ3v) is 4.48. The highest BCUT2D eigenvalue weighted by Crippen LogP contribution is 2.40. The average molecular weight is 462 g/mol. The first-order valence-corrected chi connectivity index (χ1v) is 11.9. The summed E-state index contributed by atoms with van der Waals surface area (Å²) >= 11 is 0. The summed E-state index contributed by atoms with van der Waals surface area (Å²) < 4.78 is 11.8. The molecule has 0 saturated heterocycles. The molecule has 34 heavy (non-hydrogen) atoms. The smallest absolute Gasteiger partial charge is 0.248 e. The molecule has 0 radical (unpaired) electrons. The van der Waals surface area contributed by atoms with Crippen molar-refractivity contribution in [1.29, 1.82) is 0 Å². The summed E-state index contributed by atoms with van der Waals surface area (Å²) in [4.78, 5) is 0. The number of nitrogens with two attached hydrogens (primary N) is 1. The van der Waals surface area contributed by atoms with Gasteiger partial charge in [0.2, 0.25) is 11.8 Å². The molecule has 0 amide bonds. The minimum absolute atomic E-state index is 0.304. The highest BCUT2D eigenvalue weighted by molar-refractivity contribution is 5.92. The number of aromatic nitrogens is 2. The van der Waals surface area contributed by atoms with Gasteiger partial charge in [0.25, 0.3) is 0 Å². The molecule has 0 aliphatic carbocycles. The number of hydrogen-bond donors (Lipinski definition) is 1. The van der Waals surface area contributed by atoms with Gasteiger partial charge in [-0.3, -0.25) is 0 Å². The summed E-state index contributed by atoms with van der Waals surface area (Å²) in [6, 6.07) is 15.3. The van der Waals surface area contributed by atoms with Crippen LogP contribution in [0.3, 0.4) is 0 Å². The van der Waals surface area contributed by atoms with Crippen molar-refractivity contribution in [3.05, 3.63) is 95.7 Å². The molecule has 0 bridgehead atoms. The molecule has 2 heterocycles. The van der Waals surface area contributed by atoms with Crippen molar-refractivity contribution in [1.82, 2.24) is 10.2 Å². The molecular weight excluding hydrogens is 422 g/mol. The largest absolute Gasteiger partial charge is 0.456 e. The van der Waals surface area contributed by atoms with Crippen LogP contribution in [0.1, 0.15) is 83.8 Å². The van der Waals surface area contributed by atoms with Crippen molar-refractivity contribution in [3.63, 3.8) is 0 Å². The van der Waals surface area contributed by atoms with E-state index in [-0.39, 0.29) is 6.04 Å².